The molecule has 0 aliphatic rings. The highest BCUT2D eigenvalue weighted by molar-refractivity contribution is 5.83. The van der Waals surface area contributed by atoms with Crippen molar-refractivity contribution in [2.45, 2.75) is 32.2 Å². The van der Waals surface area contributed by atoms with Crippen molar-refractivity contribution in [2.75, 3.05) is 33.7 Å². The van der Waals surface area contributed by atoms with E-state index in [0.29, 0.717) is 13.1 Å². The third kappa shape index (κ3) is 8.85. The maximum Gasteiger partial charge on any atom is 0.326 e. The molecular weight excluding hydrogens is 278 g/mol. The Kier molecular flexibility index (Phi) is 9.11. The molecule has 2 amide bonds. The Labute approximate surface area is 124 Å². The van der Waals surface area contributed by atoms with Crippen molar-refractivity contribution >= 4 is 18.0 Å². The minimum absolute atomic E-state index is 0.133. The Bertz CT molecular complexity index is 360. The Morgan fingerprint density at radius 2 is 1.76 bits per heavy atom. The SMILES string of the molecule is CCN(CCCN(C)C)C(=O)NC(CCC(=O)O)C(=O)O. The number of nitrogens with zero attached hydrogens (tertiary/aromatic N) is 2. The van der Waals surface area contributed by atoms with Gasteiger partial charge in [-0.25, -0.2) is 9.59 Å². The number of hydrogen-bond donors (Lipinski definition) is 3. The van der Waals surface area contributed by atoms with Crippen LogP contribution in [0.15, 0.2) is 0 Å². The molecule has 0 bridgehead atoms. The van der Waals surface area contributed by atoms with E-state index in [0.717, 1.165) is 13.0 Å². The lowest BCUT2D eigenvalue weighted by Gasteiger charge is -2.24. The number of hydrogen-bond acceptors (Lipinski definition) is 4. The molecule has 0 radical (unpaired) electrons. The highest BCUT2D eigenvalue weighted by atomic mass is 16.4. The number of carboxylic acid groups (broad SMARTS) is 2. The fraction of sp³-hybridized carbons (Fsp3) is 0.769. The second-order valence-corrected chi connectivity index (χ2v) is 5.01. The van der Waals surface area contributed by atoms with Gasteiger partial charge in [-0.15, -0.1) is 0 Å². The Hall–Kier alpha value is -1.83. The first-order valence-electron chi connectivity index (χ1n) is 6.92. The van der Waals surface area contributed by atoms with Crippen molar-refractivity contribution in [2.24, 2.45) is 0 Å². The van der Waals surface area contributed by atoms with Crippen LogP contribution in [-0.4, -0.2) is 77.8 Å². The molecule has 0 fully saturated rings. The normalized spacial score (nSPS) is 12.0. The molecule has 3 N–H and O–H groups in total. The molecule has 0 spiro atoms. The summed E-state index contributed by atoms with van der Waals surface area (Å²) in [4.78, 5) is 37.0. The zero-order chi connectivity index (χ0) is 16.4. The number of carboxylic acids is 2. The minimum Gasteiger partial charge on any atom is -0.481 e. The summed E-state index contributed by atoms with van der Waals surface area (Å²) >= 11 is 0. The summed E-state index contributed by atoms with van der Waals surface area (Å²) < 4.78 is 0. The van der Waals surface area contributed by atoms with Gasteiger partial charge in [0.2, 0.25) is 0 Å². The fourth-order valence-electron chi connectivity index (χ4n) is 1.75. The van der Waals surface area contributed by atoms with Gasteiger partial charge in [-0.05, 0) is 40.4 Å². The Balaban J connectivity index is 4.41. The van der Waals surface area contributed by atoms with Crippen molar-refractivity contribution in [1.29, 1.82) is 0 Å². The molecule has 0 rings (SSSR count). The van der Waals surface area contributed by atoms with E-state index in [-0.39, 0.29) is 12.8 Å². The van der Waals surface area contributed by atoms with Crippen molar-refractivity contribution in [3.05, 3.63) is 0 Å². The van der Waals surface area contributed by atoms with E-state index in [9.17, 15) is 14.4 Å². The van der Waals surface area contributed by atoms with Crippen molar-refractivity contribution in [1.82, 2.24) is 15.1 Å². The summed E-state index contributed by atoms with van der Waals surface area (Å²) in [6.07, 6.45) is 0.344. The molecule has 0 aliphatic carbocycles. The number of carbonyl (C=O) groups is 3. The molecule has 0 aromatic carbocycles. The van der Waals surface area contributed by atoms with Gasteiger partial charge in [-0.2, -0.15) is 0 Å². The van der Waals surface area contributed by atoms with E-state index in [1.54, 1.807) is 0 Å². The maximum absolute atomic E-state index is 12.0. The van der Waals surface area contributed by atoms with E-state index >= 15 is 0 Å². The van der Waals surface area contributed by atoms with Gasteiger partial charge in [0.1, 0.15) is 6.04 Å². The summed E-state index contributed by atoms with van der Waals surface area (Å²) in [5.74, 6) is -2.32. The molecule has 8 nitrogen and oxygen atoms in total. The van der Waals surface area contributed by atoms with Crippen LogP contribution < -0.4 is 5.32 Å². The van der Waals surface area contributed by atoms with Crippen LogP contribution in [0.5, 0.6) is 0 Å². The van der Waals surface area contributed by atoms with E-state index in [4.69, 9.17) is 10.2 Å². The first-order chi connectivity index (χ1) is 9.77. The first kappa shape index (κ1) is 19.2. The van der Waals surface area contributed by atoms with Gasteiger partial charge in [0.25, 0.3) is 0 Å². The standard InChI is InChI=1S/C13H25N3O5/c1-4-16(9-5-8-15(2)3)13(21)14-10(12(19)20)6-7-11(17)18/h10H,4-9H2,1-3H3,(H,14,21)(H,17,18)(H,19,20). The second kappa shape index (κ2) is 9.98. The topological polar surface area (TPSA) is 110 Å². The highest BCUT2D eigenvalue weighted by Crippen LogP contribution is 2.01. The maximum atomic E-state index is 12.0. The van der Waals surface area contributed by atoms with Gasteiger partial charge in [-0.3, -0.25) is 4.79 Å². The van der Waals surface area contributed by atoms with E-state index in [1.807, 2.05) is 25.9 Å². The van der Waals surface area contributed by atoms with Crippen LogP contribution in [0.4, 0.5) is 4.79 Å². The molecular formula is C13H25N3O5. The molecule has 1 unspecified atom stereocenters. The predicted octanol–water partition coefficient (Wildman–Crippen LogP) is 0.288. The summed E-state index contributed by atoms with van der Waals surface area (Å²) in [5, 5.41) is 20.0. The van der Waals surface area contributed by atoms with Gasteiger partial charge in [-0.1, -0.05) is 0 Å². The van der Waals surface area contributed by atoms with Crippen LogP contribution in [0.2, 0.25) is 0 Å². The lowest BCUT2D eigenvalue weighted by molar-refractivity contribution is -0.140. The van der Waals surface area contributed by atoms with Crippen LogP contribution in [-0.2, 0) is 9.59 Å². The molecule has 8 heteroatoms. The largest absolute Gasteiger partial charge is 0.481 e. The third-order valence-corrected chi connectivity index (χ3v) is 2.94. The molecule has 0 aromatic rings. The Morgan fingerprint density at radius 3 is 2.19 bits per heavy atom. The molecule has 0 heterocycles. The van der Waals surface area contributed by atoms with E-state index in [1.165, 1.54) is 4.90 Å². The van der Waals surface area contributed by atoms with Crippen molar-refractivity contribution in [3.8, 4) is 0 Å². The van der Waals surface area contributed by atoms with Gasteiger partial charge < -0.3 is 25.3 Å². The minimum atomic E-state index is -1.23. The smallest absolute Gasteiger partial charge is 0.326 e. The zero-order valence-corrected chi connectivity index (χ0v) is 12.8. The summed E-state index contributed by atoms with van der Waals surface area (Å²) in [7, 11) is 3.87. The molecule has 1 atom stereocenters. The average molecular weight is 303 g/mol. The van der Waals surface area contributed by atoms with Gasteiger partial charge >= 0.3 is 18.0 Å². The van der Waals surface area contributed by atoms with Crippen LogP contribution in [0.1, 0.15) is 26.2 Å². The zero-order valence-electron chi connectivity index (χ0n) is 12.8. The monoisotopic (exact) mass is 303 g/mol. The van der Waals surface area contributed by atoms with Crippen molar-refractivity contribution in [3.63, 3.8) is 0 Å². The molecule has 0 aliphatic heterocycles. The van der Waals surface area contributed by atoms with E-state index in [2.05, 4.69) is 5.32 Å². The lowest BCUT2D eigenvalue weighted by Crippen LogP contribution is -2.48. The number of aliphatic carboxylic acids is 2. The predicted molar refractivity (Wildman–Crippen MR) is 77.2 cm³/mol. The molecule has 21 heavy (non-hydrogen) atoms. The summed E-state index contributed by atoms with van der Waals surface area (Å²) in [6.45, 7) is 3.61. The number of amides is 2. The quantitative estimate of drug-likeness (QED) is 0.535. The number of nitrogens with one attached hydrogen (secondary N) is 1. The number of carbonyl (C=O) groups excluding carboxylic acids is 1. The van der Waals surface area contributed by atoms with Crippen LogP contribution in [0, 0.1) is 0 Å². The van der Waals surface area contributed by atoms with E-state index < -0.39 is 24.0 Å². The first-order valence-corrected chi connectivity index (χ1v) is 6.92. The Morgan fingerprint density at radius 1 is 1.14 bits per heavy atom. The van der Waals surface area contributed by atoms with Crippen LogP contribution in [0.3, 0.4) is 0 Å². The summed E-state index contributed by atoms with van der Waals surface area (Å²) in [5.41, 5.74) is 0. The lowest BCUT2D eigenvalue weighted by atomic mass is 10.1. The number of rotatable bonds is 10. The van der Waals surface area contributed by atoms with Crippen molar-refractivity contribution < 1.29 is 24.6 Å². The van der Waals surface area contributed by atoms with Gasteiger partial charge in [0.15, 0.2) is 0 Å². The molecule has 0 saturated carbocycles. The second-order valence-electron chi connectivity index (χ2n) is 5.01. The average Bonchev–Trinajstić information content (AvgIpc) is 2.38. The van der Waals surface area contributed by atoms with Crippen LogP contribution >= 0.6 is 0 Å². The third-order valence-electron chi connectivity index (χ3n) is 2.94. The van der Waals surface area contributed by atoms with Gasteiger partial charge in [0, 0.05) is 19.5 Å². The summed E-state index contributed by atoms with van der Waals surface area (Å²) in [6, 6.07) is -1.66. The van der Waals surface area contributed by atoms with Gasteiger partial charge in [0.05, 0.1) is 0 Å². The molecule has 0 aromatic heterocycles. The molecule has 0 saturated heterocycles. The number of urea groups is 1. The molecule has 122 valence electrons. The van der Waals surface area contributed by atoms with Crippen LogP contribution in [0.25, 0.3) is 0 Å². The highest BCUT2D eigenvalue weighted by Gasteiger charge is 2.23. The fourth-order valence-corrected chi connectivity index (χ4v) is 1.75.